The first-order valence-electron chi connectivity index (χ1n) is 13.3. The van der Waals surface area contributed by atoms with Crippen LogP contribution in [0.3, 0.4) is 0 Å². The first kappa shape index (κ1) is 27.5. The number of fused-ring (bicyclic) bond motifs is 1. The van der Waals surface area contributed by atoms with Gasteiger partial charge in [-0.15, -0.1) is 0 Å². The lowest BCUT2D eigenvalue weighted by Gasteiger charge is -2.11. The minimum atomic E-state index is -0.942. The Bertz CT molecular complexity index is 1730. The molecule has 0 saturated heterocycles. The standard InChI is InChI=1S/C34H32N2O5/c1-21-22(2)36(20-23-9-11-25(12-10-23)29-7-5-6-8-30(29)34(38)39)32-14-13-26(17-31(21)32)33(37)35-19-24-15-27(40-3)18-28(16-24)41-4/h5-18H,19-20H2,1-4H3,(H,35,37)(H,38,39). The Labute approximate surface area is 239 Å². The number of benzene rings is 4. The normalized spacial score (nSPS) is 10.9. The molecule has 0 atom stereocenters. The van der Waals surface area contributed by atoms with Crippen molar-refractivity contribution in [1.29, 1.82) is 0 Å². The maximum atomic E-state index is 13.1. The number of aromatic carboxylic acids is 1. The van der Waals surface area contributed by atoms with E-state index in [1.54, 1.807) is 32.4 Å². The van der Waals surface area contributed by atoms with Crippen LogP contribution in [0.4, 0.5) is 0 Å². The summed E-state index contributed by atoms with van der Waals surface area (Å²) >= 11 is 0. The quantitative estimate of drug-likeness (QED) is 0.216. The lowest BCUT2D eigenvalue weighted by molar-refractivity contribution is 0.0697. The predicted octanol–water partition coefficient (Wildman–Crippen LogP) is 6.62. The third kappa shape index (κ3) is 5.65. The molecular formula is C34H32N2O5. The van der Waals surface area contributed by atoms with Gasteiger partial charge in [-0.05, 0) is 78.1 Å². The molecule has 0 aliphatic carbocycles. The number of rotatable bonds is 9. The Morgan fingerprint density at radius 3 is 2.17 bits per heavy atom. The summed E-state index contributed by atoms with van der Waals surface area (Å²) in [6.45, 7) is 5.16. The third-order valence-corrected chi connectivity index (χ3v) is 7.53. The van der Waals surface area contributed by atoms with Gasteiger partial charge in [0.05, 0.1) is 19.8 Å². The summed E-state index contributed by atoms with van der Waals surface area (Å²) in [6, 6.07) is 26.3. The zero-order valence-corrected chi connectivity index (χ0v) is 23.5. The molecule has 1 amide bonds. The number of nitrogens with zero attached hydrogens (tertiary/aromatic N) is 1. The van der Waals surface area contributed by atoms with Gasteiger partial charge in [0.2, 0.25) is 0 Å². The van der Waals surface area contributed by atoms with Crippen LogP contribution in [-0.2, 0) is 13.1 Å². The van der Waals surface area contributed by atoms with Crippen molar-refractivity contribution in [3.63, 3.8) is 0 Å². The molecule has 4 aromatic carbocycles. The number of methoxy groups -OCH3 is 2. The summed E-state index contributed by atoms with van der Waals surface area (Å²) in [7, 11) is 3.19. The molecule has 0 unspecified atom stereocenters. The SMILES string of the molecule is COc1cc(CNC(=O)c2ccc3c(c2)c(C)c(C)n3Cc2ccc(-c3ccccc3C(=O)O)cc2)cc(OC)c1. The first-order valence-corrected chi connectivity index (χ1v) is 13.3. The average molecular weight is 549 g/mol. The number of hydrogen-bond donors (Lipinski definition) is 2. The van der Waals surface area contributed by atoms with Crippen LogP contribution < -0.4 is 14.8 Å². The topological polar surface area (TPSA) is 89.8 Å². The molecule has 1 heterocycles. The van der Waals surface area contributed by atoms with E-state index in [-0.39, 0.29) is 11.5 Å². The minimum absolute atomic E-state index is 0.157. The highest BCUT2D eigenvalue weighted by atomic mass is 16.5. The van der Waals surface area contributed by atoms with Crippen molar-refractivity contribution < 1.29 is 24.2 Å². The number of ether oxygens (including phenoxy) is 2. The van der Waals surface area contributed by atoms with Crippen LogP contribution in [0.25, 0.3) is 22.0 Å². The largest absolute Gasteiger partial charge is 0.497 e. The number of carboxylic acid groups (broad SMARTS) is 1. The molecule has 0 spiro atoms. The van der Waals surface area contributed by atoms with Crippen molar-refractivity contribution in [3.8, 4) is 22.6 Å². The summed E-state index contributed by atoms with van der Waals surface area (Å²) < 4.78 is 12.9. The van der Waals surface area contributed by atoms with E-state index in [1.807, 2.05) is 66.7 Å². The number of amides is 1. The van der Waals surface area contributed by atoms with E-state index in [0.717, 1.165) is 38.9 Å². The summed E-state index contributed by atoms with van der Waals surface area (Å²) in [5, 5.41) is 13.6. The molecular weight excluding hydrogens is 516 g/mol. The van der Waals surface area contributed by atoms with Gasteiger partial charge in [-0.2, -0.15) is 0 Å². The van der Waals surface area contributed by atoms with Crippen molar-refractivity contribution in [3.05, 3.63) is 118 Å². The molecule has 0 aliphatic heterocycles. The van der Waals surface area contributed by atoms with Gasteiger partial charge in [-0.1, -0.05) is 42.5 Å². The molecule has 5 aromatic rings. The van der Waals surface area contributed by atoms with Crippen LogP contribution in [0.5, 0.6) is 11.5 Å². The van der Waals surface area contributed by atoms with Crippen LogP contribution in [0, 0.1) is 13.8 Å². The van der Waals surface area contributed by atoms with E-state index in [0.29, 0.717) is 35.7 Å². The fourth-order valence-corrected chi connectivity index (χ4v) is 5.14. The first-order chi connectivity index (χ1) is 19.8. The highest BCUT2D eigenvalue weighted by Crippen LogP contribution is 2.29. The van der Waals surface area contributed by atoms with Crippen molar-refractivity contribution in [1.82, 2.24) is 9.88 Å². The van der Waals surface area contributed by atoms with Crippen molar-refractivity contribution in [2.24, 2.45) is 0 Å². The zero-order valence-electron chi connectivity index (χ0n) is 23.5. The van der Waals surface area contributed by atoms with E-state index in [9.17, 15) is 14.7 Å². The Balaban J connectivity index is 1.35. The summed E-state index contributed by atoms with van der Waals surface area (Å²) in [4.78, 5) is 24.7. The van der Waals surface area contributed by atoms with E-state index in [1.165, 1.54) is 0 Å². The van der Waals surface area contributed by atoms with Crippen molar-refractivity contribution in [2.75, 3.05) is 14.2 Å². The van der Waals surface area contributed by atoms with E-state index in [2.05, 4.69) is 23.7 Å². The van der Waals surface area contributed by atoms with Crippen molar-refractivity contribution >= 4 is 22.8 Å². The van der Waals surface area contributed by atoms with Crippen LogP contribution in [0.1, 0.15) is 43.1 Å². The highest BCUT2D eigenvalue weighted by Gasteiger charge is 2.16. The molecule has 7 heteroatoms. The molecule has 5 rings (SSSR count). The minimum Gasteiger partial charge on any atom is -0.497 e. The molecule has 1 aromatic heterocycles. The number of aromatic nitrogens is 1. The van der Waals surface area contributed by atoms with E-state index in [4.69, 9.17) is 9.47 Å². The van der Waals surface area contributed by atoms with Crippen molar-refractivity contribution in [2.45, 2.75) is 26.9 Å². The van der Waals surface area contributed by atoms with Gasteiger partial charge in [0.1, 0.15) is 11.5 Å². The molecule has 0 bridgehead atoms. The Kier molecular flexibility index (Phi) is 7.79. The van der Waals surface area contributed by atoms with Crippen LogP contribution in [0.15, 0.2) is 84.9 Å². The number of hydrogen-bond acceptors (Lipinski definition) is 4. The smallest absolute Gasteiger partial charge is 0.336 e. The second-order valence-electron chi connectivity index (χ2n) is 9.98. The van der Waals surface area contributed by atoms with Crippen LogP contribution in [-0.4, -0.2) is 35.8 Å². The third-order valence-electron chi connectivity index (χ3n) is 7.53. The average Bonchev–Trinajstić information content (AvgIpc) is 3.24. The predicted molar refractivity (Wildman–Crippen MR) is 160 cm³/mol. The molecule has 0 saturated carbocycles. The second-order valence-corrected chi connectivity index (χ2v) is 9.98. The maximum absolute atomic E-state index is 13.1. The van der Waals surface area contributed by atoms with Gasteiger partial charge in [-0.3, -0.25) is 4.79 Å². The van der Waals surface area contributed by atoms with E-state index >= 15 is 0 Å². The van der Waals surface area contributed by atoms with Gasteiger partial charge >= 0.3 is 5.97 Å². The highest BCUT2D eigenvalue weighted by molar-refractivity contribution is 5.99. The Morgan fingerprint density at radius 1 is 0.829 bits per heavy atom. The second kappa shape index (κ2) is 11.6. The number of aryl methyl sites for hydroxylation is 1. The Morgan fingerprint density at radius 2 is 1.51 bits per heavy atom. The number of carbonyl (C=O) groups is 2. The summed E-state index contributed by atoms with van der Waals surface area (Å²) in [5.74, 6) is 0.239. The Hall–Kier alpha value is -5.04. The fourth-order valence-electron chi connectivity index (χ4n) is 5.14. The molecule has 0 fully saturated rings. The molecule has 41 heavy (non-hydrogen) atoms. The monoisotopic (exact) mass is 548 g/mol. The summed E-state index contributed by atoms with van der Waals surface area (Å²) in [5.41, 5.74) is 7.71. The van der Waals surface area contributed by atoms with Gasteiger partial charge in [0.25, 0.3) is 5.91 Å². The van der Waals surface area contributed by atoms with Crippen LogP contribution in [0.2, 0.25) is 0 Å². The molecule has 0 radical (unpaired) electrons. The van der Waals surface area contributed by atoms with E-state index < -0.39 is 5.97 Å². The zero-order chi connectivity index (χ0) is 29.1. The lowest BCUT2D eigenvalue weighted by Crippen LogP contribution is -2.22. The maximum Gasteiger partial charge on any atom is 0.336 e. The number of nitrogens with one attached hydrogen (secondary N) is 1. The molecule has 7 nitrogen and oxygen atoms in total. The van der Waals surface area contributed by atoms with Gasteiger partial charge in [0.15, 0.2) is 0 Å². The van der Waals surface area contributed by atoms with Gasteiger partial charge in [0, 0.05) is 41.3 Å². The fraction of sp³-hybridized carbons (Fsp3) is 0.176. The number of carboxylic acids is 1. The van der Waals surface area contributed by atoms with Gasteiger partial charge in [-0.25, -0.2) is 4.79 Å². The van der Waals surface area contributed by atoms with Crippen LogP contribution >= 0.6 is 0 Å². The summed E-state index contributed by atoms with van der Waals surface area (Å²) in [6.07, 6.45) is 0. The lowest BCUT2D eigenvalue weighted by atomic mass is 9.99. The molecule has 2 N–H and O–H groups in total. The molecule has 0 aliphatic rings. The molecule has 208 valence electrons. The number of carbonyl (C=O) groups excluding carboxylic acids is 1. The van der Waals surface area contributed by atoms with Gasteiger partial charge < -0.3 is 24.5 Å².